The van der Waals surface area contributed by atoms with E-state index in [-0.39, 0.29) is 11.7 Å². The number of amides is 1. The van der Waals surface area contributed by atoms with Gasteiger partial charge in [-0.15, -0.1) is 0 Å². The van der Waals surface area contributed by atoms with Crippen LogP contribution in [0.4, 0.5) is 5.82 Å². The Bertz CT molecular complexity index is 799. The molecule has 1 aliphatic rings. The molecular formula is C18H27N7O. The van der Waals surface area contributed by atoms with Gasteiger partial charge in [0.1, 0.15) is 5.82 Å². The molecule has 8 heteroatoms. The van der Waals surface area contributed by atoms with Gasteiger partial charge in [-0.3, -0.25) is 9.89 Å². The zero-order valence-electron chi connectivity index (χ0n) is 16.1. The molecule has 1 saturated heterocycles. The molecule has 0 radical (unpaired) electrons. The molecule has 2 aromatic rings. The van der Waals surface area contributed by atoms with Gasteiger partial charge < -0.3 is 15.1 Å². The molecule has 0 unspecified atom stereocenters. The van der Waals surface area contributed by atoms with Crippen LogP contribution >= 0.6 is 0 Å². The lowest BCUT2D eigenvalue weighted by molar-refractivity contribution is 0.0815. The Balaban J connectivity index is 1.70. The number of anilines is 1. The number of rotatable bonds is 5. The van der Waals surface area contributed by atoms with Gasteiger partial charge in [-0.25, -0.2) is 9.97 Å². The van der Waals surface area contributed by atoms with Gasteiger partial charge in [0.15, 0.2) is 0 Å². The zero-order chi connectivity index (χ0) is 18.8. The molecule has 1 amide bonds. The van der Waals surface area contributed by atoms with Crippen molar-refractivity contribution in [1.82, 2.24) is 30.4 Å². The molecule has 140 valence electrons. The number of aryl methyl sites for hydroxylation is 2. The largest absolute Gasteiger partial charge is 0.355 e. The Hall–Kier alpha value is -2.48. The molecule has 8 nitrogen and oxygen atoms in total. The highest BCUT2D eigenvalue weighted by molar-refractivity contribution is 5.90. The molecule has 3 rings (SSSR count). The van der Waals surface area contributed by atoms with Crippen LogP contribution in [0.5, 0.6) is 0 Å². The maximum absolute atomic E-state index is 12.3. The van der Waals surface area contributed by atoms with Crippen molar-refractivity contribution in [2.75, 3.05) is 32.1 Å². The topological polar surface area (TPSA) is 90.0 Å². The van der Waals surface area contributed by atoms with Crippen molar-refractivity contribution in [3.63, 3.8) is 0 Å². The molecule has 0 aliphatic carbocycles. The lowest BCUT2D eigenvalue weighted by atomic mass is 10.2. The molecule has 2 aromatic heterocycles. The van der Waals surface area contributed by atoms with Crippen molar-refractivity contribution in [3.8, 4) is 0 Å². The summed E-state index contributed by atoms with van der Waals surface area (Å²) in [6.07, 6.45) is 1.03. The first-order valence-corrected chi connectivity index (χ1v) is 8.91. The predicted molar refractivity (Wildman–Crippen MR) is 100 cm³/mol. The summed E-state index contributed by atoms with van der Waals surface area (Å²) in [5.74, 6) is 0.955. The highest BCUT2D eigenvalue weighted by Crippen LogP contribution is 2.24. The minimum Gasteiger partial charge on any atom is -0.355 e. The van der Waals surface area contributed by atoms with Crippen molar-refractivity contribution < 1.29 is 4.79 Å². The fourth-order valence-electron chi connectivity index (χ4n) is 3.15. The summed E-state index contributed by atoms with van der Waals surface area (Å²) in [6.45, 7) is 8.45. The standard InChI is InChI=1S/C18H27N7O/c1-11-8-15(23-22-11)9-19-14-6-7-25(10-14)17-12(2)13(3)20-16(21-17)18(26)24(4)5/h8,14,19H,6-7,9-10H2,1-5H3,(H,22,23)/t14-/m1/s1. The predicted octanol–water partition coefficient (Wildman–Crippen LogP) is 1.20. The van der Waals surface area contributed by atoms with Crippen LogP contribution in [-0.4, -0.2) is 64.2 Å². The van der Waals surface area contributed by atoms with E-state index in [1.165, 1.54) is 4.90 Å². The third-order valence-electron chi connectivity index (χ3n) is 4.78. The number of carbonyl (C=O) groups is 1. The molecule has 26 heavy (non-hydrogen) atoms. The SMILES string of the molecule is Cc1cc(CN[C@@H]2CCN(c3nc(C(=O)N(C)C)nc(C)c3C)C2)n[nH]1. The first-order valence-electron chi connectivity index (χ1n) is 8.91. The summed E-state index contributed by atoms with van der Waals surface area (Å²) in [7, 11) is 3.43. The van der Waals surface area contributed by atoms with Crippen LogP contribution < -0.4 is 10.2 Å². The quantitative estimate of drug-likeness (QED) is 0.836. The number of nitrogens with zero attached hydrogens (tertiary/aromatic N) is 5. The Labute approximate surface area is 154 Å². The number of aromatic nitrogens is 4. The second-order valence-corrected chi connectivity index (χ2v) is 7.14. The van der Waals surface area contributed by atoms with Gasteiger partial charge in [0.05, 0.1) is 5.69 Å². The van der Waals surface area contributed by atoms with E-state index in [9.17, 15) is 4.79 Å². The van der Waals surface area contributed by atoms with E-state index in [0.29, 0.717) is 6.04 Å². The molecule has 0 spiro atoms. The Morgan fingerprint density at radius 3 is 2.77 bits per heavy atom. The van der Waals surface area contributed by atoms with E-state index in [0.717, 1.165) is 54.5 Å². The van der Waals surface area contributed by atoms with Crippen LogP contribution in [0.1, 0.15) is 39.7 Å². The molecule has 0 bridgehead atoms. The highest BCUT2D eigenvalue weighted by Gasteiger charge is 2.26. The van der Waals surface area contributed by atoms with E-state index in [1.807, 2.05) is 20.8 Å². The number of aromatic amines is 1. The van der Waals surface area contributed by atoms with Crippen LogP contribution in [0.15, 0.2) is 6.07 Å². The maximum atomic E-state index is 12.3. The van der Waals surface area contributed by atoms with Crippen LogP contribution in [0, 0.1) is 20.8 Å². The maximum Gasteiger partial charge on any atom is 0.291 e. The first-order chi connectivity index (χ1) is 12.3. The highest BCUT2D eigenvalue weighted by atomic mass is 16.2. The summed E-state index contributed by atoms with van der Waals surface area (Å²) in [6, 6.07) is 2.42. The monoisotopic (exact) mass is 357 g/mol. The Morgan fingerprint density at radius 2 is 2.12 bits per heavy atom. The summed E-state index contributed by atoms with van der Waals surface area (Å²) < 4.78 is 0. The molecule has 2 N–H and O–H groups in total. The summed E-state index contributed by atoms with van der Waals surface area (Å²) in [4.78, 5) is 24.9. The molecule has 0 saturated carbocycles. The fraction of sp³-hybridized carbons (Fsp3) is 0.556. The Kier molecular flexibility index (Phi) is 5.22. The van der Waals surface area contributed by atoms with Gasteiger partial charge >= 0.3 is 0 Å². The van der Waals surface area contributed by atoms with Gasteiger partial charge in [-0.1, -0.05) is 0 Å². The lowest BCUT2D eigenvalue weighted by Crippen LogP contribution is -2.33. The fourth-order valence-corrected chi connectivity index (χ4v) is 3.15. The summed E-state index contributed by atoms with van der Waals surface area (Å²) in [5.41, 5.74) is 3.97. The lowest BCUT2D eigenvalue weighted by Gasteiger charge is -2.22. The first kappa shape index (κ1) is 18.3. The number of carbonyl (C=O) groups excluding carboxylic acids is 1. The van der Waals surface area contributed by atoms with E-state index in [1.54, 1.807) is 14.1 Å². The van der Waals surface area contributed by atoms with Crippen molar-refractivity contribution in [2.24, 2.45) is 0 Å². The average molecular weight is 357 g/mol. The van der Waals surface area contributed by atoms with Gasteiger partial charge in [0, 0.05) is 56.7 Å². The van der Waals surface area contributed by atoms with E-state index >= 15 is 0 Å². The zero-order valence-corrected chi connectivity index (χ0v) is 16.1. The Morgan fingerprint density at radius 1 is 1.35 bits per heavy atom. The summed E-state index contributed by atoms with van der Waals surface area (Å²) >= 11 is 0. The van der Waals surface area contributed by atoms with Crippen molar-refractivity contribution in [2.45, 2.75) is 39.8 Å². The molecule has 3 heterocycles. The molecule has 0 aromatic carbocycles. The van der Waals surface area contributed by atoms with Gasteiger partial charge in [-0.2, -0.15) is 5.10 Å². The minimum absolute atomic E-state index is 0.169. The van der Waals surface area contributed by atoms with Gasteiger partial charge in [0.25, 0.3) is 5.91 Å². The number of hydrogen-bond donors (Lipinski definition) is 2. The average Bonchev–Trinajstić information content (AvgIpc) is 3.23. The van der Waals surface area contributed by atoms with Crippen LogP contribution in [0.3, 0.4) is 0 Å². The molecule has 1 fully saturated rings. The van der Waals surface area contributed by atoms with E-state index < -0.39 is 0 Å². The second kappa shape index (κ2) is 7.41. The van der Waals surface area contributed by atoms with Crippen molar-refractivity contribution >= 4 is 11.7 Å². The smallest absolute Gasteiger partial charge is 0.291 e. The van der Waals surface area contributed by atoms with Crippen LogP contribution in [-0.2, 0) is 6.54 Å². The van der Waals surface area contributed by atoms with Gasteiger partial charge in [0.2, 0.25) is 5.82 Å². The van der Waals surface area contributed by atoms with E-state index in [2.05, 4.69) is 36.4 Å². The third kappa shape index (κ3) is 3.85. The van der Waals surface area contributed by atoms with Crippen LogP contribution in [0.2, 0.25) is 0 Å². The minimum atomic E-state index is -0.169. The third-order valence-corrected chi connectivity index (χ3v) is 4.78. The second-order valence-electron chi connectivity index (χ2n) is 7.14. The molecule has 1 atom stereocenters. The van der Waals surface area contributed by atoms with Crippen LogP contribution in [0.25, 0.3) is 0 Å². The molecular weight excluding hydrogens is 330 g/mol. The van der Waals surface area contributed by atoms with E-state index in [4.69, 9.17) is 0 Å². The normalized spacial score (nSPS) is 17.0. The van der Waals surface area contributed by atoms with Gasteiger partial charge in [-0.05, 0) is 33.3 Å². The number of nitrogens with one attached hydrogen (secondary N) is 2. The number of H-pyrrole nitrogens is 1. The summed E-state index contributed by atoms with van der Waals surface area (Å²) in [5, 5.41) is 10.8. The molecule has 1 aliphatic heterocycles. The van der Waals surface area contributed by atoms with Crippen molar-refractivity contribution in [1.29, 1.82) is 0 Å². The van der Waals surface area contributed by atoms with Crippen molar-refractivity contribution in [3.05, 3.63) is 34.5 Å². The number of hydrogen-bond acceptors (Lipinski definition) is 6.